The lowest BCUT2D eigenvalue weighted by atomic mass is 10.1. The van der Waals surface area contributed by atoms with Crippen LogP contribution in [0, 0.1) is 4.77 Å². The Morgan fingerprint density at radius 1 is 1.62 bits per heavy atom. The minimum absolute atomic E-state index is 0.266. The van der Waals surface area contributed by atoms with E-state index in [1.807, 2.05) is 0 Å². The smallest absolute Gasteiger partial charge is 0.238 e. The van der Waals surface area contributed by atoms with Crippen LogP contribution < -0.4 is 0 Å². The van der Waals surface area contributed by atoms with Crippen molar-refractivity contribution in [1.82, 2.24) is 20.2 Å². The number of H-pyrrole nitrogens is 1. The van der Waals surface area contributed by atoms with Gasteiger partial charge in [0.25, 0.3) is 0 Å². The Labute approximate surface area is 81.1 Å². The largest absolute Gasteiger partial charge is 0.376 e. The number of ether oxygens (including phenoxy) is 1. The molecule has 6 heteroatoms. The fraction of sp³-hybridized carbons (Fsp3) is 0.857. The molecule has 0 spiro atoms. The molecular formula is C7H12N4OS. The van der Waals surface area contributed by atoms with E-state index in [4.69, 9.17) is 17.0 Å². The van der Waals surface area contributed by atoms with Gasteiger partial charge in [-0.2, -0.15) is 5.21 Å². The zero-order valence-corrected chi connectivity index (χ0v) is 8.09. The van der Waals surface area contributed by atoms with E-state index >= 15 is 0 Å². The number of nitrogens with one attached hydrogen (secondary N) is 1. The molecule has 1 aliphatic rings. The molecule has 13 heavy (non-hydrogen) atoms. The van der Waals surface area contributed by atoms with Crippen LogP contribution in [-0.2, 0) is 11.3 Å². The van der Waals surface area contributed by atoms with E-state index in [0.717, 1.165) is 19.6 Å². The van der Waals surface area contributed by atoms with E-state index in [9.17, 15) is 0 Å². The van der Waals surface area contributed by atoms with E-state index in [2.05, 4.69) is 15.5 Å². The number of tetrazole rings is 1. The van der Waals surface area contributed by atoms with Crippen LogP contribution in [0.1, 0.15) is 19.3 Å². The summed E-state index contributed by atoms with van der Waals surface area (Å²) in [4.78, 5) is 0. The van der Waals surface area contributed by atoms with Gasteiger partial charge in [-0.3, -0.25) is 0 Å². The van der Waals surface area contributed by atoms with Gasteiger partial charge in [0, 0.05) is 6.61 Å². The Kier molecular flexibility index (Phi) is 2.70. The number of hydrogen-bond acceptors (Lipinski definition) is 4. The molecule has 1 unspecified atom stereocenters. The molecule has 1 N–H and O–H groups in total. The lowest BCUT2D eigenvalue weighted by molar-refractivity contribution is 0.00344. The van der Waals surface area contributed by atoms with Crippen LogP contribution in [0.4, 0.5) is 0 Å². The first-order chi connectivity index (χ1) is 6.36. The van der Waals surface area contributed by atoms with Gasteiger partial charge in [-0.25, -0.2) is 4.68 Å². The zero-order chi connectivity index (χ0) is 9.10. The molecule has 1 fully saturated rings. The van der Waals surface area contributed by atoms with Crippen LogP contribution >= 0.6 is 12.2 Å². The molecule has 0 amide bonds. The maximum Gasteiger partial charge on any atom is 0.238 e. The SMILES string of the molecule is S=c1nn[nH]n1CC1CCCCO1. The molecule has 1 aliphatic heterocycles. The Balaban J connectivity index is 1.97. The highest BCUT2D eigenvalue weighted by molar-refractivity contribution is 7.71. The molecule has 1 aromatic rings. The van der Waals surface area contributed by atoms with Crippen molar-refractivity contribution >= 4 is 12.2 Å². The van der Waals surface area contributed by atoms with Gasteiger partial charge >= 0.3 is 0 Å². The van der Waals surface area contributed by atoms with Gasteiger partial charge in [0.15, 0.2) is 0 Å². The predicted octanol–water partition coefficient (Wildman–Crippen LogP) is 0.905. The van der Waals surface area contributed by atoms with Crippen molar-refractivity contribution < 1.29 is 4.74 Å². The Morgan fingerprint density at radius 2 is 2.54 bits per heavy atom. The van der Waals surface area contributed by atoms with E-state index in [1.165, 1.54) is 12.8 Å². The van der Waals surface area contributed by atoms with Crippen molar-refractivity contribution in [3.05, 3.63) is 4.77 Å². The molecule has 1 saturated heterocycles. The monoisotopic (exact) mass is 200 g/mol. The molecule has 2 rings (SSSR count). The molecule has 5 nitrogen and oxygen atoms in total. The van der Waals surface area contributed by atoms with Gasteiger partial charge in [-0.15, -0.1) is 0 Å². The third-order valence-electron chi connectivity index (χ3n) is 2.19. The number of nitrogens with zero attached hydrogens (tertiary/aromatic N) is 3. The first-order valence-corrected chi connectivity index (χ1v) is 4.86. The van der Waals surface area contributed by atoms with Crippen LogP contribution in [0.2, 0.25) is 0 Å². The molecule has 0 aliphatic carbocycles. The summed E-state index contributed by atoms with van der Waals surface area (Å²) in [7, 11) is 0. The van der Waals surface area contributed by atoms with E-state index < -0.39 is 0 Å². The maximum absolute atomic E-state index is 5.56. The fourth-order valence-electron chi connectivity index (χ4n) is 1.49. The molecule has 0 bridgehead atoms. The van der Waals surface area contributed by atoms with Crippen molar-refractivity contribution in [1.29, 1.82) is 0 Å². The van der Waals surface area contributed by atoms with Crippen molar-refractivity contribution in [3.8, 4) is 0 Å². The van der Waals surface area contributed by atoms with Crippen molar-refractivity contribution in [2.75, 3.05) is 6.61 Å². The lowest BCUT2D eigenvalue weighted by Crippen LogP contribution is -2.25. The molecule has 72 valence electrons. The number of aromatic amines is 1. The summed E-state index contributed by atoms with van der Waals surface area (Å²) >= 11 is 4.96. The van der Waals surface area contributed by atoms with Gasteiger partial charge in [-0.05, 0) is 31.5 Å². The molecule has 0 saturated carbocycles. The van der Waals surface area contributed by atoms with Crippen LogP contribution in [0.25, 0.3) is 0 Å². The Morgan fingerprint density at radius 3 is 3.15 bits per heavy atom. The summed E-state index contributed by atoms with van der Waals surface area (Å²) in [5.41, 5.74) is 0. The molecule has 0 radical (unpaired) electrons. The van der Waals surface area contributed by atoms with Gasteiger partial charge in [-0.1, -0.05) is 10.3 Å². The minimum atomic E-state index is 0.266. The summed E-state index contributed by atoms with van der Waals surface area (Å²) in [5.74, 6) is 0. The topological polar surface area (TPSA) is 55.7 Å². The predicted molar refractivity (Wildman–Crippen MR) is 48.8 cm³/mol. The van der Waals surface area contributed by atoms with Gasteiger partial charge in [0.05, 0.1) is 12.6 Å². The van der Waals surface area contributed by atoms with Crippen molar-refractivity contribution in [3.63, 3.8) is 0 Å². The molecular weight excluding hydrogens is 188 g/mol. The van der Waals surface area contributed by atoms with Gasteiger partial charge < -0.3 is 4.74 Å². The van der Waals surface area contributed by atoms with Gasteiger partial charge in [0.2, 0.25) is 4.77 Å². The van der Waals surface area contributed by atoms with Crippen LogP contribution in [0.15, 0.2) is 0 Å². The minimum Gasteiger partial charge on any atom is -0.376 e. The molecule has 1 aromatic heterocycles. The average molecular weight is 200 g/mol. The van der Waals surface area contributed by atoms with Crippen molar-refractivity contribution in [2.45, 2.75) is 31.9 Å². The molecule has 1 atom stereocenters. The van der Waals surface area contributed by atoms with Crippen LogP contribution in [0.5, 0.6) is 0 Å². The summed E-state index contributed by atoms with van der Waals surface area (Å²) in [6.45, 7) is 1.60. The van der Waals surface area contributed by atoms with E-state index in [-0.39, 0.29) is 6.10 Å². The summed E-state index contributed by atoms with van der Waals surface area (Å²) in [5, 5.41) is 10.0. The van der Waals surface area contributed by atoms with Crippen LogP contribution in [0.3, 0.4) is 0 Å². The zero-order valence-electron chi connectivity index (χ0n) is 7.27. The highest BCUT2D eigenvalue weighted by Crippen LogP contribution is 2.13. The van der Waals surface area contributed by atoms with Crippen molar-refractivity contribution in [2.24, 2.45) is 0 Å². The fourth-order valence-corrected chi connectivity index (χ4v) is 1.65. The average Bonchev–Trinajstić information content (AvgIpc) is 2.54. The Hall–Kier alpha value is -0.750. The lowest BCUT2D eigenvalue weighted by Gasteiger charge is -2.21. The number of aromatic nitrogens is 4. The Bertz CT molecular complexity index is 314. The first-order valence-electron chi connectivity index (χ1n) is 4.46. The number of hydrogen-bond donors (Lipinski definition) is 1. The molecule has 2 heterocycles. The second kappa shape index (κ2) is 3.97. The quantitative estimate of drug-likeness (QED) is 0.721. The van der Waals surface area contributed by atoms with E-state index in [1.54, 1.807) is 4.68 Å². The third kappa shape index (κ3) is 2.13. The second-order valence-electron chi connectivity index (χ2n) is 3.18. The second-order valence-corrected chi connectivity index (χ2v) is 3.55. The summed E-state index contributed by atoms with van der Waals surface area (Å²) < 4.78 is 7.80. The number of rotatable bonds is 2. The highest BCUT2D eigenvalue weighted by atomic mass is 32.1. The van der Waals surface area contributed by atoms with Gasteiger partial charge in [0.1, 0.15) is 0 Å². The highest BCUT2D eigenvalue weighted by Gasteiger charge is 2.14. The van der Waals surface area contributed by atoms with E-state index in [0.29, 0.717) is 4.77 Å². The summed E-state index contributed by atoms with van der Waals surface area (Å²) in [6.07, 6.45) is 3.77. The molecule has 0 aromatic carbocycles. The summed E-state index contributed by atoms with van der Waals surface area (Å²) in [6, 6.07) is 0. The normalized spacial score (nSPS) is 23.2. The van der Waals surface area contributed by atoms with Crippen LogP contribution in [-0.4, -0.2) is 32.9 Å². The third-order valence-corrected chi connectivity index (χ3v) is 2.49. The first kappa shape index (κ1) is 8.83. The maximum atomic E-state index is 5.56. The standard InChI is InChI=1S/C7H12N4OS/c13-7-8-9-10-11(7)5-6-3-1-2-4-12-6/h6H,1-5H2,(H,8,10,13).